The lowest BCUT2D eigenvalue weighted by molar-refractivity contribution is -0.216. The number of ether oxygens (including phenoxy) is 4. The van der Waals surface area contributed by atoms with Gasteiger partial charge in [0.15, 0.2) is 16.6 Å². The van der Waals surface area contributed by atoms with Crippen LogP contribution in [0.1, 0.15) is 104 Å². The second-order valence-electron chi connectivity index (χ2n) is 13.1. The van der Waals surface area contributed by atoms with Crippen LogP contribution in [0.3, 0.4) is 0 Å². The molecule has 0 amide bonds. The van der Waals surface area contributed by atoms with Gasteiger partial charge < -0.3 is 27.8 Å². The number of carbonyl (C=O) groups is 2. The molecule has 0 radical (unpaired) electrons. The third-order valence-corrected chi connectivity index (χ3v) is 19.5. The summed E-state index contributed by atoms with van der Waals surface area (Å²) in [5.74, 6) is -0.616. The molecule has 0 aromatic heterocycles. The molecule has 0 N–H and O–H groups in total. The normalized spacial score (nSPS) is 24.6. The van der Waals surface area contributed by atoms with Gasteiger partial charge in [0, 0.05) is 39.5 Å². The van der Waals surface area contributed by atoms with Gasteiger partial charge in [0.1, 0.15) is 0 Å². The van der Waals surface area contributed by atoms with E-state index in [-0.39, 0.29) is 36.4 Å². The summed E-state index contributed by atoms with van der Waals surface area (Å²) in [7, 11) is -3.40. The predicted molar refractivity (Wildman–Crippen MR) is 194 cm³/mol. The maximum absolute atomic E-state index is 11.4. The fraction of sp³-hybridized carbons (Fsp3) is 0.632. The van der Waals surface area contributed by atoms with Gasteiger partial charge in [-0.25, -0.2) is 0 Å². The van der Waals surface area contributed by atoms with Gasteiger partial charge >= 0.3 is 11.9 Å². The average Bonchev–Trinajstić information content (AvgIpc) is 3.10. The lowest BCUT2D eigenvalue weighted by atomic mass is 9.99. The summed E-state index contributed by atoms with van der Waals surface area (Å²) in [5.41, 5.74) is 2.22. The van der Waals surface area contributed by atoms with Crippen molar-refractivity contribution in [2.45, 2.75) is 154 Å². The minimum Gasteiger partial charge on any atom is -0.436 e. The standard InChI is InChI=1S/2C19H30O4Si/c2*1-5-24(6-2,7-3)23-17-13-18(16-11-9-8-10-12-16)22-19(14-17)21-15(4)20/h2*8-12,17-19H,5-7,13-14H2,1-4H3/t17-,18+,19+;17-,18+,19-/m11/s1. The molecule has 2 aliphatic heterocycles. The summed E-state index contributed by atoms with van der Waals surface area (Å²) in [4.78, 5) is 22.8. The van der Waals surface area contributed by atoms with Crippen LogP contribution in [-0.4, -0.2) is 53.4 Å². The van der Waals surface area contributed by atoms with Crippen molar-refractivity contribution in [2.24, 2.45) is 0 Å². The number of rotatable bonds is 14. The van der Waals surface area contributed by atoms with E-state index in [4.69, 9.17) is 27.8 Å². The van der Waals surface area contributed by atoms with Crippen LogP contribution in [0.15, 0.2) is 60.7 Å². The molecule has 2 aromatic rings. The third kappa shape index (κ3) is 11.9. The highest BCUT2D eigenvalue weighted by Crippen LogP contribution is 2.38. The quantitative estimate of drug-likeness (QED) is 0.142. The Labute approximate surface area is 291 Å². The van der Waals surface area contributed by atoms with Crippen LogP contribution < -0.4 is 0 Å². The Bertz CT molecular complexity index is 1110. The van der Waals surface area contributed by atoms with E-state index in [0.29, 0.717) is 12.8 Å². The summed E-state index contributed by atoms with van der Waals surface area (Å²) < 4.78 is 36.1. The van der Waals surface area contributed by atoms with Gasteiger partial charge in [-0.3, -0.25) is 9.59 Å². The molecule has 2 heterocycles. The molecule has 48 heavy (non-hydrogen) atoms. The molecule has 10 heteroatoms. The van der Waals surface area contributed by atoms with E-state index in [1.807, 2.05) is 36.4 Å². The van der Waals surface area contributed by atoms with Gasteiger partial charge in [-0.2, -0.15) is 0 Å². The monoisotopic (exact) mass is 700 g/mol. The van der Waals surface area contributed by atoms with Crippen LogP contribution in [0.5, 0.6) is 0 Å². The number of esters is 2. The van der Waals surface area contributed by atoms with Crippen molar-refractivity contribution in [3.05, 3.63) is 71.8 Å². The number of hydrogen-bond acceptors (Lipinski definition) is 8. The minimum atomic E-state index is -1.70. The molecular formula is C38H60O8Si2. The van der Waals surface area contributed by atoms with Crippen LogP contribution >= 0.6 is 0 Å². The Morgan fingerprint density at radius 3 is 1.15 bits per heavy atom. The first-order valence-corrected chi connectivity index (χ1v) is 23.2. The highest BCUT2D eigenvalue weighted by molar-refractivity contribution is 6.74. The summed E-state index contributed by atoms with van der Waals surface area (Å²) in [6.45, 7) is 16.2. The van der Waals surface area contributed by atoms with Crippen molar-refractivity contribution in [2.75, 3.05) is 0 Å². The second kappa shape index (κ2) is 19.7. The first kappa shape index (κ1) is 40.1. The molecule has 8 nitrogen and oxygen atoms in total. The van der Waals surface area contributed by atoms with Crippen molar-refractivity contribution in [3.8, 4) is 0 Å². The Hall–Kier alpha value is -2.35. The van der Waals surface area contributed by atoms with E-state index in [1.54, 1.807) is 0 Å². The topological polar surface area (TPSA) is 89.5 Å². The summed E-state index contributed by atoms with van der Waals surface area (Å²) >= 11 is 0. The van der Waals surface area contributed by atoms with Crippen molar-refractivity contribution in [1.29, 1.82) is 0 Å². The maximum Gasteiger partial charge on any atom is 0.304 e. The Morgan fingerprint density at radius 1 is 0.562 bits per heavy atom. The molecule has 2 fully saturated rings. The van der Waals surface area contributed by atoms with Crippen molar-refractivity contribution in [1.82, 2.24) is 0 Å². The summed E-state index contributed by atoms with van der Waals surface area (Å²) in [5, 5.41) is 0. The molecule has 2 saturated heterocycles. The molecule has 2 aliphatic rings. The van der Waals surface area contributed by atoms with Gasteiger partial charge in [-0.05, 0) is 47.4 Å². The highest BCUT2D eigenvalue weighted by Gasteiger charge is 2.40. The molecule has 6 atom stereocenters. The van der Waals surface area contributed by atoms with E-state index in [9.17, 15) is 9.59 Å². The molecule has 0 unspecified atom stereocenters. The van der Waals surface area contributed by atoms with Gasteiger partial charge in [0.25, 0.3) is 0 Å². The molecule has 0 saturated carbocycles. The Balaban J connectivity index is 0.000000260. The third-order valence-electron chi connectivity index (χ3n) is 10.1. The molecule has 0 bridgehead atoms. The first-order chi connectivity index (χ1) is 23.0. The zero-order chi connectivity index (χ0) is 35.2. The fourth-order valence-electron chi connectivity index (χ4n) is 6.87. The van der Waals surface area contributed by atoms with Crippen LogP contribution in [-0.2, 0) is 37.4 Å². The molecule has 4 rings (SSSR count). The van der Waals surface area contributed by atoms with E-state index in [1.165, 1.54) is 13.8 Å². The van der Waals surface area contributed by atoms with E-state index in [2.05, 4.69) is 65.8 Å². The molecule has 268 valence electrons. The zero-order valence-corrected chi connectivity index (χ0v) is 32.6. The van der Waals surface area contributed by atoms with Crippen LogP contribution in [0.4, 0.5) is 0 Å². The van der Waals surface area contributed by atoms with E-state index < -0.39 is 29.2 Å². The lowest BCUT2D eigenvalue weighted by Gasteiger charge is -2.40. The van der Waals surface area contributed by atoms with Gasteiger partial charge in [-0.1, -0.05) is 102 Å². The molecule has 2 aromatic carbocycles. The molecular weight excluding hydrogens is 641 g/mol. The highest BCUT2D eigenvalue weighted by atomic mass is 28.4. The van der Waals surface area contributed by atoms with Crippen molar-refractivity contribution >= 4 is 28.6 Å². The Morgan fingerprint density at radius 2 is 0.875 bits per heavy atom. The number of hydrogen-bond donors (Lipinski definition) is 0. The van der Waals surface area contributed by atoms with Crippen molar-refractivity contribution in [3.63, 3.8) is 0 Å². The van der Waals surface area contributed by atoms with Crippen LogP contribution in [0, 0.1) is 0 Å². The van der Waals surface area contributed by atoms with E-state index in [0.717, 1.165) is 60.2 Å². The Kier molecular flexibility index (Phi) is 16.5. The zero-order valence-electron chi connectivity index (χ0n) is 30.6. The fourth-order valence-corrected chi connectivity index (χ4v) is 12.7. The predicted octanol–water partition coefficient (Wildman–Crippen LogP) is 9.64. The smallest absolute Gasteiger partial charge is 0.304 e. The SMILES string of the molecule is CC[Si](CC)(CC)O[C@H]1C[C@@H](OC(C)=O)O[C@H](c2ccccc2)C1.CC[Si](CC)(CC)O[C@H]1C[C@H](OC(C)=O)O[C@H](c2ccccc2)C1. The van der Waals surface area contributed by atoms with Gasteiger partial charge in [-0.15, -0.1) is 0 Å². The van der Waals surface area contributed by atoms with Crippen LogP contribution in [0.2, 0.25) is 36.3 Å². The number of benzene rings is 2. The average molecular weight is 701 g/mol. The first-order valence-electron chi connectivity index (χ1n) is 18.1. The summed E-state index contributed by atoms with van der Waals surface area (Å²) in [6, 6.07) is 26.9. The van der Waals surface area contributed by atoms with Gasteiger partial charge in [0.05, 0.1) is 24.4 Å². The maximum atomic E-state index is 11.4. The van der Waals surface area contributed by atoms with E-state index >= 15 is 0 Å². The molecule has 0 spiro atoms. The minimum absolute atomic E-state index is 0.0832. The van der Waals surface area contributed by atoms with Gasteiger partial charge in [0.2, 0.25) is 12.6 Å². The largest absolute Gasteiger partial charge is 0.436 e. The lowest BCUT2D eigenvalue weighted by Crippen LogP contribution is -2.44. The van der Waals surface area contributed by atoms with Crippen LogP contribution in [0.25, 0.3) is 0 Å². The molecule has 0 aliphatic carbocycles. The van der Waals surface area contributed by atoms with Crippen molar-refractivity contribution < 1.29 is 37.4 Å². The number of carbonyl (C=O) groups excluding carboxylic acids is 2. The second-order valence-corrected chi connectivity index (χ2v) is 22.5. The summed E-state index contributed by atoms with van der Waals surface area (Å²) in [6.07, 6.45) is 1.81.